The zero-order chi connectivity index (χ0) is 10.6. The molecule has 0 aromatic carbocycles. The molecule has 1 aliphatic carbocycles. The van der Waals surface area contributed by atoms with Crippen LogP contribution in [0, 0.1) is 5.92 Å². The fourth-order valence-corrected chi connectivity index (χ4v) is 1.60. The second-order valence-electron chi connectivity index (χ2n) is 3.71. The molecule has 0 amide bonds. The fourth-order valence-electron chi connectivity index (χ4n) is 1.60. The van der Waals surface area contributed by atoms with Gasteiger partial charge in [0.2, 0.25) is 0 Å². The molecule has 0 heterocycles. The Labute approximate surface area is 84.1 Å². The standard InChI is InChI=1S/C11H16O3/c1-8-3-5-10(12)9(7-8)4-6-11(13)14-2/h7-8H,3-6H2,1-2H3. The molecular weight excluding hydrogens is 180 g/mol. The van der Waals surface area contributed by atoms with Crippen LogP contribution in [0.3, 0.4) is 0 Å². The number of carbonyl (C=O) groups excluding carboxylic acids is 2. The molecule has 0 aromatic rings. The minimum Gasteiger partial charge on any atom is -0.469 e. The van der Waals surface area contributed by atoms with Crippen molar-refractivity contribution in [1.82, 2.24) is 0 Å². The largest absolute Gasteiger partial charge is 0.469 e. The summed E-state index contributed by atoms with van der Waals surface area (Å²) < 4.78 is 4.53. The molecule has 78 valence electrons. The van der Waals surface area contributed by atoms with Gasteiger partial charge in [-0.25, -0.2) is 0 Å². The van der Waals surface area contributed by atoms with E-state index in [-0.39, 0.29) is 11.8 Å². The summed E-state index contributed by atoms with van der Waals surface area (Å²) in [5, 5.41) is 0. The normalized spacial score (nSPS) is 21.7. The summed E-state index contributed by atoms with van der Waals surface area (Å²) in [7, 11) is 1.36. The average Bonchev–Trinajstić information content (AvgIpc) is 2.19. The van der Waals surface area contributed by atoms with Crippen LogP contribution >= 0.6 is 0 Å². The summed E-state index contributed by atoms with van der Waals surface area (Å²) >= 11 is 0. The molecule has 0 fully saturated rings. The van der Waals surface area contributed by atoms with E-state index in [1.165, 1.54) is 7.11 Å². The number of ketones is 1. The van der Waals surface area contributed by atoms with Gasteiger partial charge in [0.15, 0.2) is 5.78 Å². The summed E-state index contributed by atoms with van der Waals surface area (Å²) in [5.41, 5.74) is 0.800. The summed E-state index contributed by atoms with van der Waals surface area (Å²) in [6.45, 7) is 2.09. The number of esters is 1. The minimum absolute atomic E-state index is 0.187. The Morgan fingerprint density at radius 2 is 2.36 bits per heavy atom. The molecule has 1 aliphatic rings. The van der Waals surface area contributed by atoms with E-state index in [4.69, 9.17) is 0 Å². The predicted octanol–water partition coefficient (Wildman–Crippen LogP) is 1.86. The fraction of sp³-hybridized carbons (Fsp3) is 0.636. The van der Waals surface area contributed by atoms with Gasteiger partial charge in [-0.1, -0.05) is 13.0 Å². The summed E-state index contributed by atoms with van der Waals surface area (Å²) in [5.74, 6) is 0.393. The zero-order valence-electron chi connectivity index (χ0n) is 8.71. The number of ether oxygens (including phenoxy) is 1. The number of carbonyl (C=O) groups is 2. The first-order chi connectivity index (χ1) is 6.63. The highest BCUT2D eigenvalue weighted by atomic mass is 16.5. The lowest BCUT2D eigenvalue weighted by Crippen LogP contribution is -2.13. The Bertz CT molecular complexity index is 266. The molecule has 0 saturated carbocycles. The van der Waals surface area contributed by atoms with Gasteiger partial charge in [0.05, 0.1) is 7.11 Å². The lowest BCUT2D eigenvalue weighted by molar-refractivity contribution is -0.140. The molecule has 1 rings (SSSR count). The van der Waals surface area contributed by atoms with E-state index in [0.29, 0.717) is 25.2 Å². The predicted molar refractivity (Wildman–Crippen MR) is 52.7 cm³/mol. The molecule has 3 heteroatoms. The average molecular weight is 196 g/mol. The van der Waals surface area contributed by atoms with Crippen molar-refractivity contribution in [2.24, 2.45) is 5.92 Å². The van der Waals surface area contributed by atoms with Crippen molar-refractivity contribution in [3.8, 4) is 0 Å². The van der Waals surface area contributed by atoms with Crippen LogP contribution in [0.2, 0.25) is 0 Å². The summed E-state index contributed by atoms with van der Waals surface area (Å²) in [6, 6.07) is 0. The Kier molecular flexibility index (Phi) is 3.86. The first-order valence-corrected chi connectivity index (χ1v) is 4.94. The van der Waals surface area contributed by atoms with Gasteiger partial charge < -0.3 is 4.74 Å². The van der Waals surface area contributed by atoms with Crippen molar-refractivity contribution >= 4 is 11.8 Å². The Hall–Kier alpha value is -1.12. The molecule has 3 nitrogen and oxygen atoms in total. The van der Waals surface area contributed by atoms with E-state index in [0.717, 1.165) is 12.0 Å². The first kappa shape index (κ1) is 11.0. The van der Waals surface area contributed by atoms with Crippen LogP contribution in [0.1, 0.15) is 32.6 Å². The maximum atomic E-state index is 11.4. The van der Waals surface area contributed by atoms with Crippen molar-refractivity contribution in [2.75, 3.05) is 7.11 Å². The number of rotatable bonds is 3. The van der Waals surface area contributed by atoms with E-state index >= 15 is 0 Å². The molecular formula is C11H16O3. The third kappa shape index (κ3) is 2.98. The van der Waals surface area contributed by atoms with Crippen molar-refractivity contribution in [1.29, 1.82) is 0 Å². The number of hydrogen-bond donors (Lipinski definition) is 0. The molecule has 0 aliphatic heterocycles. The van der Waals surface area contributed by atoms with E-state index in [1.807, 2.05) is 6.08 Å². The number of hydrogen-bond acceptors (Lipinski definition) is 3. The quantitative estimate of drug-likeness (QED) is 0.647. The van der Waals surface area contributed by atoms with Gasteiger partial charge in [0.1, 0.15) is 0 Å². The number of allylic oxidation sites excluding steroid dienone is 2. The highest BCUT2D eigenvalue weighted by Crippen LogP contribution is 2.22. The van der Waals surface area contributed by atoms with Gasteiger partial charge in [-0.05, 0) is 24.3 Å². The molecule has 0 bridgehead atoms. The highest BCUT2D eigenvalue weighted by molar-refractivity contribution is 5.96. The second kappa shape index (κ2) is 4.94. The summed E-state index contributed by atoms with van der Waals surface area (Å²) in [6.07, 6.45) is 4.36. The van der Waals surface area contributed by atoms with Crippen molar-refractivity contribution in [3.05, 3.63) is 11.6 Å². The zero-order valence-corrected chi connectivity index (χ0v) is 8.71. The SMILES string of the molecule is COC(=O)CCC1=CC(C)CCC1=O. The Balaban J connectivity index is 2.49. The van der Waals surface area contributed by atoms with Crippen molar-refractivity contribution < 1.29 is 14.3 Å². The van der Waals surface area contributed by atoms with Crippen LogP contribution in [-0.2, 0) is 14.3 Å². The van der Waals surface area contributed by atoms with Gasteiger partial charge in [-0.2, -0.15) is 0 Å². The molecule has 1 atom stereocenters. The first-order valence-electron chi connectivity index (χ1n) is 4.94. The lowest BCUT2D eigenvalue weighted by Gasteiger charge is -2.16. The maximum Gasteiger partial charge on any atom is 0.305 e. The van der Waals surface area contributed by atoms with Gasteiger partial charge in [0.25, 0.3) is 0 Å². The van der Waals surface area contributed by atoms with Gasteiger partial charge >= 0.3 is 5.97 Å². The van der Waals surface area contributed by atoms with E-state index in [2.05, 4.69) is 11.7 Å². The van der Waals surface area contributed by atoms with E-state index in [1.54, 1.807) is 0 Å². The van der Waals surface area contributed by atoms with Crippen molar-refractivity contribution in [3.63, 3.8) is 0 Å². The smallest absolute Gasteiger partial charge is 0.305 e. The third-order valence-corrected chi connectivity index (χ3v) is 2.50. The monoisotopic (exact) mass is 196 g/mol. The molecule has 0 radical (unpaired) electrons. The van der Waals surface area contributed by atoms with Crippen LogP contribution in [0.25, 0.3) is 0 Å². The van der Waals surface area contributed by atoms with E-state index in [9.17, 15) is 9.59 Å². The lowest BCUT2D eigenvalue weighted by atomic mass is 9.89. The summed E-state index contributed by atoms with van der Waals surface area (Å²) in [4.78, 5) is 22.3. The molecule has 1 unspecified atom stereocenters. The molecule has 0 saturated heterocycles. The number of Topliss-reactive ketones (excluding diaryl/α,β-unsaturated/α-hetero) is 1. The van der Waals surface area contributed by atoms with Gasteiger partial charge in [-0.15, -0.1) is 0 Å². The molecule has 0 N–H and O–H groups in total. The third-order valence-electron chi connectivity index (χ3n) is 2.50. The van der Waals surface area contributed by atoms with Crippen LogP contribution in [0.5, 0.6) is 0 Å². The van der Waals surface area contributed by atoms with Crippen LogP contribution in [0.15, 0.2) is 11.6 Å². The molecule has 0 aromatic heterocycles. The van der Waals surface area contributed by atoms with Crippen LogP contribution < -0.4 is 0 Å². The minimum atomic E-state index is -0.253. The second-order valence-corrected chi connectivity index (χ2v) is 3.71. The van der Waals surface area contributed by atoms with Crippen molar-refractivity contribution in [2.45, 2.75) is 32.6 Å². The van der Waals surface area contributed by atoms with Crippen LogP contribution in [-0.4, -0.2) is 18.9 Å². The Morgan fingerprint density at radius 1 is 1.64 bits per heavy atom. The molecule has 0 spiro atoms. The van der Waals surface area contributed by atoms with E-state index < -0.39 is 0 Å². The maximum absolute atomic E-state index is 11.4. The van der Waals surface area contributed by atoms with Gasteiger partial charge in [0, 0.05) is 12.8 Å². The topological polar surface area (TPSA) is 43.4 Å². The molecule has 14 heavy (non-hydrogen) atoms. The number of methoxy groups -OCH3 is 1. The highest BCUT2D eigenvalue weighted by Gasteiger charge is 2.18. The Morgan fingerprint density at radius 3 is 3.00 bits per heavy atom. The van der Waals surface area contributed by atoms with Crippen LogP contribution in [0.4, 0.5) is 0 Å². The van der Waals surface area contributed by atoms with Gasteiger partial charge in [-0.3, -0.25) is 9.59 Å².